The number of nitrogen functional groups attached to an aromatic ring is 1. The Hall–Kier alpha value is -2.51. The van der Waals surface area contributed by atoms with E-state index >= 15 is 0 Å². The van der Waals surface area contributed by atoms with Crippen molar-refractivity contribution in [2.45, 2.75) is 13.0 Å². The van der Waals surface area contributed by atoms with Gasteiger partial charge in [0.05, 0.1) is 18.1 Å². The maximum atomic E-state index is 11.8. The van der Waals surface area contributed by atoms with Crippen molar-refractivity contribution in [2.75, 3.05) is 5.73 Å². The summed E-state index contributed by atoms with van der Waals surface area (Å²) in [4.78, 5) is 11.8. The highest BCUT2D eigenvalue weighted by atomic mass is 35.5. The van der Waals surface area contributed by atoms with Crippen molar-refractivity contribution >= 4 is 23.3 Å². The topological polar surface area (TPSA) is 76.1 Å². The highest BCUT2D eigenvalue weighted by Gasteiger charge is 2.08. The van der Waals surface area contributed by atoms with Crippen molar-refractivity contribution < 1.29 is 9.53 Å². The molecule has 0 heterocycles. The number of benzene rings is 2. The monoisotopic (exact) mass is 300 g/mol. The lowest BCUT2D eigenvalue weighted by atomic mass is 10.1. The summed E-state index contributed by atoms with van der Waals surface area (Å²) in [6, 6.07) is 13.9. The first-order valence-electron chi connectivity index (χ1n) is 6.27. The standard InChI is InChI=1S/C16H13ClN2O2/c17-15-7-12(9-18)4-5-13(15)10-21-16(20)8-11-2-1-3-14(19)6-11/h1-7H,8,10,19H2. The summed E-state index contributed by atoms with van der Waals surface area (Å²) in [6.45, 7) is 0.0751. The molecule has 106 valence electrons. The average Bonchev–Trinajstić information content (AvgIpc) is 2.46. The molecule has 0 saturated carbocycles. The number of carbonyl (C=O) groups is 1. The van der Waals surface area contributed by atoms with Crippen molar-refractivity contribution in [3.63, 3.8) is 0 Å². The van der Waals surface area contributed by atoms with Gasteiger partial charge in [-0.1, -0.05) is 29.8 Å². The van der Waals surface area contributed by atoms with E-state index in [2.05, 4.69) is 0 Å². The number of hydrogen-bond acceptors (Lipinski definition) is 4. The van der Waals surface area contributed by atoms with Gasteiger partial charge in [0, 0.05) is 16.3 Å². The number of esters is 1. The van der Waals surface area contributed by atoms with Gasteiger partial charge in [-0.2, -0.15) is 5.26 Å². The zero-order valence-corrected chi connectivity index (χ0v) is 11.9. The quantitative estimate of drug-likeness (QED) is 0.695. The molecule has 0 aliphatic rings. The van der Waals surface area contributed by atoms with Gasteiger partial charge in [0.15, 0.2) is 0 Å². The predicted octanol–water partition coefficient (Wildman–Crippen LogP) is 3.08. The Balaban J connectivity index is 1.94. The Bertz CT molecular complexity index is 708. The maximum absolute atomic E-state index is 11.8. The molecule has 2 aromatic rings. The van der Waals surface area contributed by atoms with E-state index in [0.29, 0.717) is 21.8 Å². The molecular formula is C16H13ClN2O2. The Morgan fingerprint density at radius 3 is 2.76 bits per heavy atom. The van der Waals surface area contributed by atoms with Crippen LogP contribution in [0.15, 0.2) is 42.5 Å². The molecule has 0 amide bonds. The third-order valence-corrected chi connectivity index (χ3v) is 3.22. The van der Waals surface area contributed by atoms with Crippen LogP contribution in [-0.4, -0.2) is 5.97 Å². The van der Waals surface area contributed by atoms with Gasteiger partial charge >= 0.3 is 5.97 Å². The smallest absolute Gasteiger partial charge is 0.310 e. The Morgan fingerprint density at radius 2 is 2.10 bits per heavy atom. The van der Waals surface area contributed by atoms with Gasteiger partial charge in [-0.05, 0) is 29.8 Å². The molecule has 21 heavy (non-hydrogen) atoms. The minimum atomic E-state index is -0.360. The third-order valence-electron chi connectivity index (χ3n) is 2.87. The molecule has 0 radical (unpaired) electrons. The SMILES string of the molecule is N#Cc1ccc(COC(=O)Cc2cccc(N)c2)c(Cl)c1. The molecule has 0 aliphatic carbocycles. The van der Waals surface area contributed by atoms with Crippen LogP contribution in [0.2, 0.25) is 5.02 Å². The number of halogens is 1. The Morgan fingerprint density at radius 1 is 1.29 bits per heavy atom. The fourth-order valence-electron chi connectivity index (χ4n) is 1.81. The second kappa shape index (κ2) is 6.78. The molecule has 0 fully saturated rings. The number of rotatable bonds is 4. The van der Waals surface area contributed by atoms with Crippen LogP contribution in [0.4, 0.5) is 5.69 Å². The van der Waals surface area contributed by atoms with Crippen LogP contribution in [0.1, 0.15) is 16.7 Å². The van der Waals surface area contributed by atoms with E-state index in [0.717, 1.165) is 5.56 Å². The van der Waals surface area contributed by atoms with Gasteiger partial charge in [0.1, 0.15) is 6.61 Å². The van der Waals surface area contributed by atoms with Gasteiger partial charge in [-0.3, -0.25) is 4.79 Å². The van der Waals surface area contributed by atoms with Gasteiger partial charge in [0.25, 0.3) is 0 Å². The average molecular weight is 301 g/mol. The maximum Gasteiger partial charge on any atom is 0.310 e. The summed E-state index contributed by atoms with van der Waals surface area (Å²) in [5, 5.41) is 9.16. The van der Waals surface area contributed by atoms with Gasteiger partial charge in [-0.25, -0.2) is 0 Å². The molecule has 4 nitrogen and oxygen atoms in total. The lowest BCUT2D eigenvalue weighted by molar-refractivity contribution is -0.144. The van der Waals surface area contributed by atoms with Crippen LogP contribution >= 0.6 is 11.6 Å². The van der Waals surface area contributed by atoms with Gasteiger partial charge in [-0.15, -0.1) is 0 Å². The van der Waals surface area contributed by atoms with Gasteiger partial charge < -0.3 is 10.5 Å². The van der Waals surface area contributed by atoms with Crippen LogP contribution in [0.3, 0.4) is 0 Å². The molecule has 0 spiro atoms. The van der Waals surface area contributed by atoms with E-state index in [-0.39, 0.29) is 19.0 Å². The van der Waals surface area contributed by atoms with Crippen molar-refractivity contribution in [2.24, 2.45) is 0 Å². The molecule has 0 atom stereocenters. The number of anilines is 1. The van der Waals surface area contributed by atoms with Crippen LogP contribution < -0.4 is 5.73 Å². The van der Waals surface area contributed by atoms with Crippen molar-refractivity contribution in [1.29, 1.82) is 5.26 Å². The number of nitrogens with zero attached hydrogens (tertiary/aromatic N) is 1. The highest BCUT2D eigenvalue weighted by Crippen LogP contribution is 2.18. The molecule has 0 unspecified atom stereocenters. The summed E-state index contributed by atoms with van der Waals surface area (Å²) in [6.07, 6.45) is 0.152. The zero-order chi connectivity index (χ0) is 15.2. The number of nitrogens with two attached hydrogens (primary N) is 1. The summed E-state index contributed by atoms with van der Waals surface area (Å²) in [5.41, 5.74) is 8.19. The molecule has 0 bridgehead atoms. The molecule has 0 aromatic heterocycles. The highest BCUT2D eigenvalue weighted by molar-refractivity contribution is 6.31. The first-order valence-corrected chi connectivity index (χ1v) is 6.65. The van der Waals surface area contributed by atoms with E-state index in [1.54, 1.807) is 36.4 Å². The molecule has 0 aliphatic heterocycles. The summed E-state index contributed by atoms with van der Waals surface area (Å²) < 4.78 is 5.18. The third kappa shape index (κ3) is 4.23. The van der Waals surface area contributed by atoms with Crippen LogP contribution in [0.5, 0.6) is 0 Å². The van der Waals surface area contributed by atoms with Crippen LogP contribution in [-0.2, 0) is 22.6 Å². The lowest BCUT2D eigenvalue weighted by Gasteiger charge is -2.07. The fourth-order valence-corrected chi connectivity index (χ4v) is 2.05. The number of carbonyl (C=O) groups excluding carboxylic acids is 1. The van der Waals surface area contributed by atoms with Crippen molar-refractivity contribution in [3.05, 3.63) is 64.2 Å². The van der Waals surface area contributed by atoms with Crippen molar-refractivity contribution in [3.8, 4) is 6.07 Å². The Labute approximate surface area is 127 Å². The fraction of sp³-hybridized carbons (Fsp3) is 0.125. The second-order valence-corrected chi connectivity index (χ2v) is 4.91. The van der Waals surface area contributed by atoms with E-state index in [1.165, 1.54) is 0 Å². The number of hydrogen-bond donors (Lipinski definition) is 1. The largest absolute Gasteiger partial charge is 0.461 e. The van der Waals surface area contributed by atoms with Crippen molar-refractivity contribution in [1.82, 2.24) is 0 Å². The van der Waals surface area contributed by atoms with E-state index in [9.17, 15) is 4.79 Å². The molecule has 2 aromatic carbocycles. The van der Waals surface area contributed by atoms with Crippen LogP contribution in [0, 0.1) is 11.3 Å². The van der Waals surface area contributed by atoms with E-state index in [4.69, 9.17) is 27.3 Å². The normalized spacial score (nSPS) is 9.90. The minimum Gasteiger partial charge on any atom is -0.461 e. The molecule has 2 rings (SSSR count). The molecule has 5 heteroatoms. The molecular weight excluding hydrogens is 288 g/mol. The number of ether oxygens (including phenoxy) is 1. The summed E-state index contributed by atoms with van der Waals surface area (Å²) in [5.74, 6) is -0.360. The second-order valence-electron chi connectivity index (χ2n) is 4.50. The minimum absolute atomic E-state index is 0.0751. The first-order chi connectivity index (χ1) is 10.1. The number of nitriles is 1. The zero-order valence-electron chi connectivity index (χ0n) is 11.2. The first kappa shape index (κ1) is 14.9. The Kier molecular flexibility index (Phi) is 4.81. The molecule has 0 saturated heterocycles. The van der Waals surface area contributed by atoms with Crippen LogP contribution in [0.25, 0.3) is 0 Å². The summed E-state index contributed by atoms with van der Waals surface area (Å²) in [7, 11) is 0. The van der Waals surface area contributed by atoms with E-state index < -0.39 is 0 Å². The lowest BCUT2D eigenvalue weighted by Crippen LogP contribution is -2.08. The predicted molar refractivity (Wildman–Crippen MR) is 80.5 cm³/mol. The summed E-state index contributed by atoms with van der Waals surface area (Å²) >= 11 is 6.01. The van der Waals surface area contributed by atoms with Gasteiger partial charge in [0.2, 0.25) is 0 Å². The molecule has 2 N–H and O–H groups in total. The van der Waals surface area contributed by atoms with E-state index in [1.807, 2.05) is 12.1 Å².